The first-order valence-corrected chi connectivity index (χ1v) is 11.7. The lowest BCUT2D eigenvalue weighted by molar-refractivity contribution is -0.132. The van der Waals surface area contributed by atoms with Crippen molar-refractivity contribution < 1.29 is 13.9 Å². The van der Waals surface area contributed by atoms with Crippen molar-refractivity contribution in [3.8, 4) is 17.0 Å². The molecule has 1 atom stereocenters. The van der Waals surface area contributed by atoms with Gasteiger partial charge in [0.15, 0.2) is 5.82 Å². The van der Waals surface area contributed by atoms with E-state index in [-0.39, 0.29) is 36.6 Å². The highest BCUT2D eigenvalue weighted by Gasteiger charge is 2.29. The molecule has 0 spiro atoms. The number of ether oxygens (including phenoxy) is 1. The number of aromatic nitrogens is 2. The largest absolute Gasteiger partial charge is 0.497 e. The van der Waals surface area contributed by atoms with Crippen molar-refractivity contribution in [2.45, 2.75) is 19.4 Å². The maximum atomic E-state index is 13.2. The van der Waals surface area contributed by atoms with Crippen LogP contribution in [0, 0.1) is 5.82 Å². The van der Waals surface area contributed by atoms with Gasteiger partial charge in [-0.1, -0.05) is 36.4 Å². The molecule has 0 saturated carbocycles. The third-order valence-electron chi connectivity index (χ3n) is 6.55. The average Bonchev–Trinajstić information content (AvgIpc) is 2.89. The van der Waals surface area contributed by atoms with E-state index in [1.54, 1.807) is 19.2 Å². The van der Waals surface area contributed by atoms with Gasteiger partial charge >= 0.3 is 0 Å². The number of nitrogens with zero attached hydrogens (tertiary/aromatic N) is 4. The zero-order valence-corrected chi connectivity index (χ0v) is 21.0. The monoisotopic (exact) mass is 506 g/mol. The highest BCUT2D eigenvalue weighted by molar-refractivity contribution is 6.00. The van der Waals surface area contributed by atoms with Gasteiger partial charge in [-0.2, -0.15) is 0 Å². The fourth-order valence-corrected chi connectivity index (χ4v) is 4.68. The van der Waals surface area contributed by atoms with Crippen molar-refractivity contribution in [3.63, 3.8) is 0 Å². The van der Waals surface area contributed by atoms with Gasteiger partial charge in [0, 0.05) is 42.0 Å². The van der Waals surface area contributed by atoms with Crippen LogP contribution in [0.15, 0.2) is 72.8 Å². The fourth-order valence-electron chi connectivity index (χ4n) is 4.68. The molecule has 0 N–H and O–H groups in total. The molecule has 0 unspecified atom stereocenters. The van der Waals surface area contributed by atoms with Crippen molar-refractivity contribution in [2.24, 2.45) is 0 Å². The summed E-state index contributed by atoms with van der Waals surface area (Å²) in [4.78, 5) is 17.1. The standard InChI is InChI=1S/C28H27FN4O2.ClH/c1-19-18-32(15-16-33(19)26(34)17-20-7-11-22(29)12-8-20)28-25-6-4-3-5-24(25)27(30-31-28)21-9-13-23(35-2)14-10-21;/h3-14,19H,15-18H2,1-2H3;1H/t19-;/m0./s1. The number of methoxy groups -OCH3 is 1. The molecule has 1 aliphatic heterocycles. The minimum absolute atomic E-state index is 0. The number of fused-ring (bicyclic) bond motifs is 1. The Bertz CT molecular complexity index is 1350. The zero-order valence-electron chi connectivity index (χ0n) is 20.2. The SMILES string of the molecule is COc1ccc(-c2nnc(N3CCN(C(=O)Cc4ccc(F)cc4)[C@@H](C)C3)c3ccccc23)cc1.Cl. The first-order chi connectivity index (χ1) is 17.0. The Morgan fingerprint density at radius 3 is 2.33 bits per heavy atom. The fraction of sp³-hybridized carbons (Fsp3) is 0.250. The summed E-state index contributed by atoms with van der Waals surface area (Å²) in [6.07, 6.45) is 0.268. The quantitative estimate of drug-likeness (QED) is 0.375. The van der Waals surface area contributed by atoms with Crippen LogP contribution in [0.25, 0.3) is 22.0 Å². The molecule has 1 aromatic heterocycles. The number of piperazine rings is 1. The van der Waals surface area contributed by atoms with E-state index in [2.05, 4.69) is 34.2 Å². The molecule has 3 aromatic carbocycles. The van der Waals surface area contributed by atoms with E-state index in [0.29, 0.717) is 19.6 Å². The van der Waals surface area contributed by atoms with E-state index >= 15 is 0 Å². The molecule has 36 heavy (non-hydrogen) atoms. The highest BCUT2D eigenvalue weighted by atomic mass is 35.5. The van der Waals surface area contributed by atoms with Gasteiger partial charge in [-0.25, -0.2) is 4.39 Å². The predicted molar refractivity (Wildman–Crippen MR) is 142 cm³/mol. The normalized spacial score (nSPS) is 15.5. The Balaban J connectivity index is 0.00000304. The maximum absolute atomic E-state index is 13.2. The Morgan fingerprint density at radius 2 is 1.67 bits per heavy atom. The molecule has 1 amide bonds. The summed E-state index contributed by atoms with van der Waals surface area (Å²) in [7, 11) is 1.65. The van der Waals surface area contributed by atoms with Gasteiger partial charge in [-0.3, -0.25) is 4.79 Å². The molecule has 0 radical (unpaired) electrons. The van der Waals surface area contributed by atoms with Crippen LogP contribution in [0.3, 0.4) is 0 Å². The third kappa shape index (κ3) is 5.11. The number of hydrogen-bond acceptors (Lipinski definition) is 5. The summed E-state index contributed by atoms with van der Waals surface area (Å²) >= 11 is 0. The van der Waals surface area contributed by atoms with E-state index in [0.717, 1.165) is 39.2 Å². The van der Waals surface area contributed by atoms with Crippen LogP contribution in [0.2, 0.25) is 0 Å². The van der Waals surface area contributed by atoms with Gasteiger partial charge in [-0.15, -0.1) is 22.6 Å². The molecular weight excluding hydrogens is 479 g/mol. The molecule has 6 nitrogen and oxygen atoms in total. The minimum Gasteiger partial charge on any atom is -0.497 e. The summed E-state index contributed by atoms with van der Waals surface area (Å²) in [6, 6.07) is 22.1. The number of hydrogen-bond donors (Lipinski definition) is 0. The molecule has 1 aliphatic rings. The molecule has 1 saturated heterocycles. The lowest BCUT2D eigenvalue weighted by Gasteiger charge is -2.40. The molecule has 0 bridgehead atoms. The van der Waals surface area contributed by atoms with Crippen LogP contribution in [0.4, 0.5) is 10.2 Å². The van der Waals surface area contributed by atoms with Gasteiger partial charge in [0.2, 0.25) is 5.91 Å². The molecular formula is C28H28ClFN4O2. The summed E-state index contributed by atoms with van der Waals surface area (Å²) in [5.41, 5.74) is 2.62. The van der Waals surface area contributed by atoms with Crippen LogP contribution in [0.5, 0.6) is 5.75 Å². The van der Waals surface area contributed by atoms with Gasteiger partial charge in [0.25, 0.3) is 0 Å². The first kappa shape index (κ1) is 25.4. The van der Waals surface area contributed by atoms with Gasteiger partial charge in [0.1, 0.15) is 17.3 Å². The van der Waals surface area contributed by atoms with Crippen LogP contribution in [-0.2, 0) is 11.2 Å². The zero-order chi connectivity index (χ0) is 24.4. The Morgan fingerprint density at radius 1 is 0.972 bits per heavy atom. The topological polar surface area (TPSA) is 58.6 Å². The van der Waals surface area contributed by atoms with Crippen molar-refractivity contribution in [3.05, 3.63) is 84.2 Å². The molecule has 0 aliphatic carbocycles. The van der Waals surface area contributed by atoms with Crippen molar-refractivity contribution in [1.29, 1.82) is 0 Å². The van der Waals surface area contributed by atoms with E-state index < -0.39 is 0 Å². The summed E-state index contributed by atoms with van der Waals surface area (Å²) in [5.74, 6) is 1.38. The van der Waals surface area contributed by atoms with Crippen LogP contribution >= 0.6 is 12.4 Å². The second-order valence-electron chi connectivity index (χ2n) is 8.83. The number of carbonyl (C=O) groups is 1. The average molecular weight is 507 g/mol. The van der Waals surface area contributed by atoms with Crippen molar-refractivity contribution in [2.75, 3.05) is 31.6 Å². The lowest BCUT2D eigenvalue weighted by Crippen LogP contribution is -2.54. The molecule has 186 valence electrons. The number of rotatable bonds is 5. The molecule has 2 heterocycles. The van der Waals surface area contributed by atoms with E-state index in [9.17, 15) is 9.18 Å². The van der Waals surface area contributed by atoms with Crippen molar-refractivity contribution in [1.82, 2.24) is 15.1 Å². The lowest BCUT2D eigenvalue weighted by atomic mass is 10.0. The number of benzene rings is 3. The Hall–Kier alpha value is -3.71. The second-order valence-corrected chi connectivity index (χ2v) is 8.83. The van der Waals surface area contributed by atoms with Crippen LogP contribution in [-0.4, -0.2) is 53.8 Å². The first-order valence-electron chi connectivity index (χ1n) is 11.7. The van der Waals surface area contributed by atoms with Gasteiger partial charge in [-0.05, 0) is 48.9 Å². The highest BCUT2D eigenvalue weighted by Crippen LogP contribution is 2.33. The maximum Gasteiger partial charge on any atom is 0.227 e. The van der Waals surface area contributed by atoms with Crippen molar-refractivity contribution >= 4 is 34.9 Å². The summed E-state index contributed by atoms with van der Waals surface area (Å²) in [6.45, 7) is 3.98. The number of carbonyl (C=O) groups excluding carboxylic acids is 1. The molecule has 8 heteroatoms. The van der Waals surface area contributed by atoms with Crippen LogP contribution in [0.1, 0.15) is 12.5 Å². The molecule has 5 rings (SSSR count). The second kappa shape index (κ2) is 10.9. The molecule has 4 aromatic rings. The third-order valence-corrected chi connectivity index (χ3v) is 6.55. The summed E-state index contributed by atoms with van der Waals surface area (Å²) < 4.78 is 18.5. The number of anilines is 1. The minimum atomic E-state index is -0.297. The predicted octanol–water partition coefficient (Wildman–Crippen LogP) is 5.15. The van der Waals surface area contributed by atoms with E-state index in [4.69, 9.17) is 4.74 Å². The van der Waals surface area contributed by atoms with E-state index in [1.165, 1.54) is 12.1 Å². The number of amides is 1. The summed E-state index contributed by atoms with van der Waals surface area (Å²) in [5, 5.41) is 11.3. The Labute approximate surface area is 216 Å². The van der Waals surface area contributed by atoms with Crippen LogP contribution < -0.4 is 9.64 Å². The smallest absolute Gasteiger partial charge is 0.227 e. The Kier molecular flexibility index (Phi) is 7.70. The van der Waals surface area contributed by atoms with E-state index in [1.807, 2.05) is 41.3 Å². The molecule has 1 fully saturated rings. The van der Waals surface area contributed by atoms with Gasteiger partial charge in [0.05, 0.1) is 13.5 Å². The van der Waals surface area contributed by atoms with Gasteiger partial charge < -0.3 is 14.5 Å². The number of halogens is 2.